The van der Waals surface area contributed by atoms with E-state index in [1.807, 2.05) is 13.8 Å². The van der Waals surface area contributed by atoms with Crippen molar-refractivity contribution in [1.82, 2.24) is 4.31 Å². The number of hydrogen-bond acceptors (Lipinski definition) is 4. The number of aromatic carboxylic acids is 1. The summed E-state index contributed by atoms with van der Waals surface area (Å²) in [5.74, 6) is -1.11. The van der Waals surface area contributed by atoms with Crippen LogP contribution in [0.5, 0.6) is 0 Å². The van der Waals surface area contributed by atoms with Gasteiger partial charge in [0.05, 0.1) is 0 Å². The molecule has 0 spiro atoms. The minimum absolute atomic E-state index is 0.0325. The van der Waals surface area contributed by atoms with Crippen molar-refractivity contribution >= 4 is 27.3 Å². The van der Waals surface area contributed by atoms with E-state index in [1.165, 1.54) is 23.5 Å². The number of nitrogens with zero attached hydrogens (tertiary/aromatic N) is 1. The maximum absolute atomic E-state index is 12.2. The van der Waals surface area contributed by atoms with Gasteiger partial charge < -0.3 is 5.11 Å². The summed E-state index contributed by atoms with van der Waals surface area (Å²) in [5.41, 5.74) is 0. The molecule has 18 heavy (non-hydrogen) atoms. The topological polar surface area (TPSA) is 74.7 Å². The van der Waals surface area contributed by atoms with Crippen LogP contribution in [0.3, 0.4) is 0 Å². The Labute approximate surface area is 111 Å². The Morgan fingerprint density at radius 1 is 1.50 bits per heavy atom. The summed E-state index contributed by atoms with van der Waals surface area (Å²) in [7, 11) is -2.06. The fraction of sp³-hybridized carbons (Fsp3) is 0.545. The zero-order chi connectivity index (χ0) is 13.9. The highest BCUT2D eigenvalue weighted by Crippen LogP contribution is 2.26. The minimum Gasteiger partial charge on any atom is -0.477 e. The highest BCUT2D eigenvalue weighted by molar-refractivity contribution is 7.91. The van der Waals surface area contributed by atoms with Gasteiger partial charge >= 0.3 is 5.97 Å². The summed E-state index contributed by atoms with van der Waals surface area (Å²) in [6, 6.07) is 2.56. The zero-order valence-corrected chi connectivity index (χ0v) is 12.2. The third kappa shape index (κ3) is 3.09. The van der Waals surface area contributed by atoms with Gasteiger partial charge in [-0.3, -0.25) is 0 Å². The Kier molecular flexibility index (Phi) is 4.89. The first-order valence-electron chi connectivity index (χ1n) is 5.61. The van der Waals surface area contributed by atoms with Gasteiger partial charge in [0.1, 0.15) is 9.09 Å². The van der Waals surface area contributed by atoms with Crippen molar-refractivity contribution in [2.24, 2.45) is 0 Å². The lowest BCUT2D eigenvalue weighted by Gasteiger charge is -2.23. The van der Waals surface area contributed by atoms with Gasteiger partial charge in [-0.2, -0.15) is 4.31 Å². The van der Waals surface area contributed by atoms with Crippen molar-refractivity contribution < 1.29 is 18.3 Å². The molecule has 7 heteroatoms. The SMILES string of the molecule is CCCC(C)N(C)S(=O)(=O)c1ccc(C(=O)O)s1. The number of thiophene rings is 1. The predicted octanol–water partition coefficient (Wildman–Crippen LogP) is 2.26. The molecule has 1 aromatic heterocycles. The van der Waals surface area contributed by atoms with Crippen LogP contribution in [0.2, 0.25) is 0 Å². The maximum atomic E-state index is 12.2. The zero-order valence-electron chi connectivity index (χ0n) is 10.6. The number of carbonyl (C=O) groups is 1. The molecule has 0 aliphatic carbocycles. The van der Waals surface area contributed by atoms with Crippen LogP contribution >= 0.6 is 11.3 Å². The van der Waals surface area contributed by atoms with Gasteiger partial charge in [0.15, 0.2) is 0 Å². The van der Waals surface area contributed by atoms with Crippen LogP contribution in [-0.2, 0) is 10.0 Å². The predicted molar refractivity (Wildman–Crippen MR) is 70.6 cm³/mol. The van der Waals surface area contributed by atoms with Gasteiger partial charge in [-0.1, -0.05) is 13.3 Å². The maximum Gasteiger partial charge on any atom is 0.345 e. The first-order valence-corrected chi connectivity index (χ1v) is 7.87. The molecule has 5 nitrogen and oxygen atoms in total. The lowest BCUT2D eigenvalue weighted by molar-refractivity contribution is 0.0702. The van der Waals surface area contributed by atoms with Gasteiger partial charge in [0.2, 0.25) is 0 Å². The Hall–Kier alpha value is -0.920. The normalized spacial score (nSPS) is 13.8. The fourth-order valence-electron chi connectivity index (χ4n) is 1.55. The number of sulfonamides is 1. The van der Waals surface area contributed by atoms with Gasteiger partial charge in [-0.15, -0.1) is 11.3 Å². The Bertz CT molecular complexity index is 521. The molecule has 1 N–H and O–H groups in total. The third-order valence-electron chi connectivity index (χ3n) is 2.75. The minimum atomic E-state index is -3.58. The van der Waals surface area contributed by atoms with E-state index >= 15 is 0 Å². The largest absolute Gasteiger partial charge is 0.477 e. The van der Waals surface area contributed by atoms with Crippen LogP contribution in [0, 0.1) is 0 Å². The molecule has 1 heterocycles. The average molecular weight is 291 g/mol. The standard InChI is InChI=1S/C11H17NO4S2/c1-4-5-8(2)12(3)18(15,16)10-7-6-9(17-10)11(13)14/h6-8H,4-5H2,1-3H3,(H,13,14). The fourth-order valence-corrected chi connectivity index (χ4v) is 4.27. The third-order valence-corrected chi connectivity index (χ3v) is 6.27. The van der Waals surface area contributed by atoms with Gasteiger partial charge in [0, 0.05) is 13.1 Å². The second-order valence-electron chi connectivity index (χ2n) is 4.08. The summed E-state index contributed by atoms with van der Waals surface area (Å²) in [6.45, 7) is 3.83. The molecule has 1 atom stereocenters. The first-order chi connectivity index (χ1) is 8.30. The van der Waals surface area contributed by atoms with E-state index in [4.69, 9.17) is 5.11 Å². The van der Waals surface area contributed by atoms with Crippen LogP contribution in [0.25, 0.3) is 0 Å². The molecule has 0 fully saturated rings. The summed E-state index contributed by atoms with van der Waals surface area (Å²) >= 11 is 0.783. The van der Waals surface area contributed by atoms with Gasteiger partial charge in [-0.05, 0) is 25.5 Å². The highest BCUT2D eigenvalue weighted by Gasteiger charge is 2.27. The van der Waals surface area contributed by atoms with E-state index in [2.05, 4.69) is 0 Å². The smallest absolute Gasteiger partial charge is 0.345 e. The van der Waals surface area contributed by atoms with E-state index in [-0.39, 0.29) is 15.1 Å². The molecule has 0 bridgehead atoms. The molecule has 0 aromatic carbocycles. The summed E-state index contributed by atoms with van der Waals surface area (Å²) < 4.78 is 25.8. The van der Waals surface area contributed by atoms with Crippen molar-refractivity contribution in [2.45, 2.75) is 36.9 Å². The van der Waals surface area contributed by atoms with Crippen LogP contribution in [0.1, 0.15) is 36.4 Å². The van der Waals surface area contributed by atoms with Crippen molar-refractivity contribution in [3.63, 3.8) is 0 Å². The molecule has 1 rings (SSSR count). The molecule has 0 aliphatic rings. The summed E-state index contributed by atoms with van der Waals surface area (Å²) in [5, 5.41) is 8.80. The van der Waals surface area contributed by atoms with Crippen molar-refractivity contribution in [1.29, 1.82) is 0 Å². The Balaban J connectivity index is 3.01. The Morgan fingerprint density at radius 2 is 2.11 bits per heavy atom. The van der Waals surface area contributed by atoms with Crippen LogP contribution in [0.4, 0.5) is 0 Å². The lowest BCUT2D eigenvalue weighted by Crippen LogP contribution is -2.34. The molecular formula is C11H17NO4S2. The number of carboxylic acids is 1. The molecule has 1 unspecified atom stereocenters. The molecule has 0 saturated carbocycles. The van der Waals surface area contributed by atoms with E-state index in [9.17, 15) is 13.2 Å². The molecule has 102 valence electrons. The van der Waals surface area contributed by atoms with E-state index in [0.717, 1.165) is 24.2 Å². The van der Waals surface area contributed by atoms with Crippen LogP contribution in [0.15, 0.2) is 16.3 Å². The average Bonchev–Trinajstić information content (AvgIpc) is 2.78. The number of rotatable bonds is 6. The second kappa shape index (κ2) is 5.81. The number of hydrogen-bond donors (Lipinski definition) is 1. The van der Waals surface area contributed by atoms with Crippen LogP contribution < -0.4 is 0 Å². The number of carboxylic acid groups (broad SMARTS) is 1. The monoisotopic (exact) mass is 291 g/mol. The quantitative estimate of drug-likeness (QED) is 0.872. The van der Waals surface area contributed by atoms with Crippen molar-refractivity contribution in [2.75, 3.05) is 7.05 Å². The molecule has 0 radical (unpaired) electrons. The van der Waals surface area contributed by atoms with Crippen LogP contribution in [-0.4, -0.2) is 36.9 Å². The Morgan fingerprint density at radius 3 is 2.56 bits per heavy atom. The molecule has 0 amide bonds. The van der Waals surface area contributed by atoms with E-state index in [1.54, 1.807) is 0 Å². The second-order valence-corrected chi connectivity index (χ2v) is 7.39. The van der Waals surface area contributed by atoms with E-state index in [0.29, 0.717) is 0 Å². The molecule has 1 aromatic rings. The van der Waals surface area contributed by atoms with E-state index < -0.39 is 16.0 Å². The summed E-state index contributed by atoms with van der Waals surface area (Å²) in [6.07, 6.45) is 1.67. The highest BCUT2D eigenvalue weighted by atomic mass is 32.2. The van der Waals surface area contributed by atoms with Gasteiger partial charge in [0.25, 0.3) is 10.0 Å². The summed E-state index contributed by atoms with van der Waals surface area (Å²) in [4.78, 5) is 10.8. The van der Waals surface area contributed by atoms with Gasteiger partial charge in [-0.25, -0.2) is 13.2 Å². The lowest BCUT2D eigenvalue weighted by atomic mass is 10.2. The van der Waals surface area contributed by atoms with Crippen molar-refractivity contribution in [3.05, 3.63) is 17.0 Å². The first kappa shape index (κ1) is 15.1. The molecular weight excluding hydrogens is 274 g/mol. The molecule has 0 aliphatic heterocycles. The van der Waals surface area contributed by atoms with Crippen molar-refractivity contribution in [3.8, 4) is 0 Å². The molecule has 0 saturated heterocycles.